The molecule has 0 saturated heterocycles. The molecule has 0 amide bonds. The Hall–Kier alpha value is -1.99. The number of nitrogens with one attached hydrogen (secondary N) is 1. The van der Waals surface area contributed by atoms with Crippen LogP contribution < -0.4 is 5.73 Å². The van der Waals surface area contributed by atoms with Gasteiger partial charge in [0.1, 0.15) is 0 Å². The van der Waals surface area contributed by atoms with Crippen molar-refractivity contribution in [2.75, 3.05) is 0 Å². The summed E-state index contributed by atoms with van der Waals surface area (Å²) in [5.74, 6) is 0.929. The maximum Gasteiger partial charge on any atom is 0.244 e. The Labute approximate surface area is 123 Å². The van der Waals surface area contributed by atoms with Gasteiger partial charge in [0.05, 0.1) is 12.4 Å². The molecule has 6 nitrogen and oxygen atoms in total. The summed E-state index contributed by atoms with van der Waals surface area (Å²) < 4.78 is 6.15. The van der Waals surface area contributed by atoms with E-state index in [-0.39, 0.29) is 6.04 Å². The van der Waals surface area contributed by atoms with E-state index in [4.69, 9.17) is 10.3 Å². The highest BCUT2D eigenvalue weighted by molar-refractivity contribution is 9.10. The van der Waals surface area contributed by atoms with Crippen molar-refractivity contribution in [3.63, 3.8) is 0 Å². The number of benzene rings is 1. The van der Waals surface area contributed by atoms with Crippen LogP contribution >= 0.6 is 15.9 Å². The number of hydrogen-bond donors (Lipinski definition) is 2. The van der Waals surface area contributed by atoms with Gasteiger partial charge in [-0.05, 0) is 12.1 Å². The van der Waals surface area contributed by atoms with E-state index in [0.717, 1.165) is 15.7 Å². The third-order valence-electron chi connectivity index (χ3n) is 2.87. The van der Waals surface area contributed by atoms with Gasteiger partial charge in [-0.3, -0.25) is 0 Å². The fraction of sp³-hybridized carbons (Fsp3) is 0.154. The summed E-state index contributed by atoms with van der Waals surface area (Å²) >= 11 is 3.46. The molecule has 0 bridgehead atoms. The van der Waals surface area contributed by atoms with Gasteiger partial charge in [-0.25, -0.2) is 4.98 Å². The minimum Gasteiger partial charge on any atom is -0.348 e. The fourth-order valence-electron chi connectivity index (χ4n) is 1.86. The lowest BCUT2D eigenvalue weighted by molar-refractivity contribution is 0.354. The average Bonchev–Trinajstić information content (AvgIpc) is 3.10. The van der Waals surface area contributed by atoms with Gasteiger partial charge in [0.15, 0.2) is 0 Å². The molecule has 2 heterocycles. The molecule has 0 fully saturated rings. The van der Waals surface area contributed by atoms with E-state index in [2.05, 4.69) is 36.0 Å². The molecule has 7 heteroatoms. The molecule has 102 valence electrons. The van der Waals surface area contributed by atoms with E-state index in [0.29, 0.717) is 18.1 Å². The second-order valence-corrected chi connectivity index (χ2v) is 5.18. The van der Waals surface area contributed by atoms with Gasteiger partial charge in [0, 0.05) is 28.3 Å². The lowest BCUT2D eigenvalue weighted by Crippen LogP contribution is -2.14. The number of halogens is 1. The van der Waals surface area contributed by atoms with Crippen LogP contribution in [0.4, 0.5) is 0 Å². The van der Waals surface area contributed by atoms with Crippen LogP contribution in [0.3, 0.4) is 0 Å². The second-order valence-electron chi connectivity index (χ2n) is 4.32. The van der Waals surface area contributed by atoms with Gasteiger partial charge in [0.25, 0.3) is 0 Å². The fourth-order valence-corrected chi connectivity index (χ4v) is 2.32. The van der Waals surface area contributed by atoms with E-state index < -0.39 is 0 Å². The molecular weight excluding hydrogens is 322 g/mol. The molecule has 0 radical (unpaired) electrons. The molecule has 0 aliphatic rings. The quantitative estimate of drug-likeness (QED) is 0.764. The van der Waals surface area contributed by atoms with Gasteiger partial charge in [-0.15, -0.1) is 0 Å². The van der Waals surface area contributed by atoms with Crippen LogP contribution in [0.1, 0.15) is 17.6 Å². The van der Waals surface area contributed by atoms with Crippen molar-refractivity contribution >= 4 is 15.9 Å². The lowest BCUT2D eigenvalue weighted by Gasteiger charge is -2.03. The Balaban J connectivity index is 1.81. The van der Waals surface area contributed by atoms with Gasteiger partial charge < -0.3 is 15.2 Å². The van der Waals surface area contributed by atoms with Crippen LogP contribution in [-0.2, 0) is 6.42 Å². The zero-order valence-electron chi connectivity index (χ0n) is 10.5. The van der Waals surface area contributed by atoms with Crippen LogP contribution in [0, 0.1) is 0 Å². The Morgan fingerprint density at radius 3 is 2.95 bits per heavy atom. The highest BCUT2D eigenvalue weighted by Gasteiger charge is 2.17. The summed E-state index contributed by atoms with van der Waals surface area (Å²) in [6.07, 6.45) is 3.91. The first-order chi connectivity index (χ1) is 9.74. The van der Waals surface area contributed by atoms with Gasteiger partial charge in [0.2, 0.25) is 11.7 Å². The van der Waals surface area contributed by atoms with Crippen LogP contribution in [0.2, 0.25) is 0 Å². The minimum atomic E-state index is -0.362. The maximum absolute atomic E-state index is 6.06. The van der Waals surface area contributed by atoms with Crippen LogP contribution in [0.15, 0.2) is 45.8 Å². The molecule has 1 aromatic carbocycles. The van der Waals surface area contributed by atoms with Crippen molar-refractivity contribution in [2.45, 2.75) is 12.5 Å². The Bertz CT molecular complexity index is 694. The number of nitrogens with two attached hydrogens (primary N) is 1. The second kappa shape index (κ2) is 5.56. The molecule has 3 rings (SSSR count). The number of nitrogens with zero attached hydrogens (tertiary/aromatic N) is 3. The van der Waals surface area contributed by atoms with Gasteiger partial charge >= 0.3 is 0 Å². The monoisotopic (exact) mass is 333 g/mol. The summed E-state index contributed by atoms with van der Waals surface area (Å²) in [4.78, 5) is 11.3. The van der Waals surface area contributed by atoms with Crippen LogP contribution in [0.5, 0.6) is 0 Å². The first kappa shape index (κ1) is 13.0. The molecule has 0 aliphatic carbocycles. The van der Waals surface area contributed by atoms with Gasteiger partial charge in [-0.2, -0.15) is 4.98 Å². The molecule has 3 N–H and O–H groups in total. The number of H-pyrrole nitrogens is 1. The highest BCUT2D eigenvalue weighted by atomic mass is 79.9. The number of imidazole rings is 1. The summed E-state index contributed by atoms with van der Waals surface area (Å²) in [6.45, 7) is 0. The van der Waals surface area contributed by atoms with E-state index >= 15 is 0 Å². The van der Waals surface area contributed by atoms with Crippen molar-refractivity contribution in [1.82, 2.24) is 20.1 Å². The first-order valence-corrected chi connectivity index (χ1v) is 6.84. The van der Waals surface area contributed by atoms with Crippen molar-refractivity contribution in [3.05, 3.63) is 52.8 Å². The van der Waals surface area contributed by atoms with Crippen molar-refractivity contribution < 1.29 is 4.52 Å². The normalized spacial score (nSPS) is 12.5. The predicted octanol–water partition coefficient (Wildman–Crippen LogP) is 2.46. The van der Waals surface area contributed by atoms with Crippen LogP contribution in [-0.4, -0.2) is 20.1 Å². The van der Waals surface area contributed by atoms with E-state index in [1.165, 1.54) is 0 Å². The standard InChI is InChI=1S/C13H12BrN5O/c14-10-4-2-1-3-9(10)12-18-13(20-19-12)11(15)5-8-6-16-7-17-8/h1-4,6-7,11H,5,15H2,(H,16,17)/t11-/m1/s1. The predicted molar refractivity (Wildman–Crippen MR) is 76.7 cm³/mol. The van der Waals surface area contributed by atoms with Crippen LogP contribution in [0.25, 0.3) is 11.4 Å². The topological polar surface area (TPSA) is 93.6 Å². The summed E-state index contributed by atoms with van der Waals surface area (Å²) in [5, 5.41) is 3.98. The van der Waals surface area contributed by atoms with Gasteiger partial charge in [-0.1, -0.05) is 33.2 Å². The Morgan fingerprint density at radius 2 is 2.20 bits per heavy atom. The highest BCUT2D eigenvalue weighted by Crippen LogP contribution is 2.26. The Kier molecular flexibility index (Phi) is 3.62. The minimum absolute atomic E-state index is 0.362. The molecule has 1 atom stereocenters. The SMILES string of the molecule is N[C@H](Cc1cnc[nH]1)c1nc(-c2ccccc2Br)no1. The smallest absolute Gasteiger partial charge is 0.244 e. The van der Waals surface area contributed by atoms with E-state index in [9.17, 15) is 0 Å². The molecule has 0 unspecified atom stereocenters. The summed E-state index contributed by atoms with van der Waals surface area (Å²) in [7, 11) is 0. The number of aromatic nitrogens is 4. The zero-order chi connectivity index (χ0) is 13.9. The van der Waals surface area contributed by atoms with E-state index in [1.54, 1.807) is 12.5 Å². The molecule has 0 saturated carbocycles. The maximum atomic E-state index is 6.06. The number of hydrogen-bond acceptors (Lipinski definition) is 5. The van der Waals surface area contributed by atoms with E-state index in [1.807, 2.05) is 24.3 Å². The molecule has 0 aliphatic heterocycles. The van der Waals surface area contributed by atoms with Crippen molar-refractivity contribution in [3.8, 4) is 11.4 Å². The zero-order valence-corrected chi connectivity index (χ0v) is 12.0. The van der Waals surface area contributed by atoms with Crippen molar-refractivity contribution in [2.24, 2.45) is 5.73 Å². The van der Waals surface area contributed by atoms with Crippen molar-refractivity contribution in [1.29, 1.82) is 0 Å². The molecule has 2 aromatic heterocycles. The Morgan fingerprint density at radius 1 is 1.35 bits per heavy atom. The largest absolute Gasteiger partial charge is 0.348 e. The molecule has 20 heavy (non-hydrogen) atoms. The molecule has 0 spiro atoms. The third-order valence-corrected chi connectivity index (χ3v) is 3.56. The summed E-state index contributed by atoms with van der Waals surface area (Å²) in [5.41, 5.74) is 7.86. The average molecular weight is 334 g/mol. The lowest BCUT2D eigenvalue weighted by atomic mass is 10.2. The molecule has 3 aromatic rings. The first-order valence-electron chi connectivity index (χ1n) is 6.05. The number of rotatable bonds is 4. The number of aromatic amines is 1. The third kappa shape index (κ3) is 2.63. The molecular formula is C13H12BrN5O. The summed E-state index contributed by atoms with van der Waals surface area (Å²) in [6, 6.07) is 7.33.